The molecular formula is C25H28N2O3. The van der Waals surface area contributed by atoms with Crippen molar-refractivity contribution in [2.45, 2.75) is 46.4 Å². The van der Waals surface area contributed by atoms with E-state index in [0.29, 0.717) is 12.5 Å². The van der Waals surface area contributed by atoms with Crippen molar-refractivity contribution < 1.29 is 14.0 Å². The first-order valence-corrected chi connectivity index (χ1v) is 10.4. The van der Waals surface area contributed by atoms with E-state index in [0.717, 1.165) is 23.2 Å². The largest absolute Gasteiger partial charge is 0.472 e. The van der Waals surface area contributed by atoms with Crippen molar-refractivity contribution in [3.8, 4) is 11.1 Å². The maximum atomic E-state index is 5.94. The number of anilines is 1. The van der Waals surface area contributed by atoms with E-state index in [4.69, 9.17) is 14.0 Å². The van der Waals surface area contributed by atoms with Gasteiger partial charge >= 0.3 is 0 Å². The molecule has 5 heteroatoms. The lowest BCUT2D eigenvalue weighted by Gasteiger charge is -2.23. The first kappa shape index (κ1) is 20.2. The molecule has 0 saturated carbocycles. The average Bonchev–Trinajstić information content (AvgIpc) is 3.35. The maximum absolute atomic E-state index is 5.94. The molecular weight excluding hydrogens is 376 g/mol. The molecule has 4 rings (SSSR count). The van der Waals surface area contributed by atoms with Crippen molar-refractivity contribution >= 4 is 5.88 Å². The fraction of sp³-hybridized carbons (Fsp3) is 0.320. The van der Waals surface area contributed by atoms with Gasteiger partial charge in [-0.3, -0.25) is 4.90 Å². The Morgan fingerprint density at radius 2 is 1.90 bits per heavy atom. The van der Waals surface area contributed by atoms with Gasteiger partial charge < -0.3 is 14.0 Å². The van der Waals surface area contributed by atoms with E-state index in [1.165, 1.54) is 16.7 Å². The van der Waals surface area contributed by atoms with Crippen LogP contribution in [0.4, 0.5) is 5.88 Å². The van der Waals surface area contributed by atoms with E-state index >= 15 is 0 Å². The van der Waals surface area contributed by atoms with E-state index in [1.807, 2.05) is 31.0 Å². The highest BCUT2D eigenvalue weighted by atomic mass is 16.5. The summed E-state index contributed by atoms with van der Waals surface area (Å²) in [5.41, 5.74) is 6.62. The maximum Gasteiger partial charge on any atom is 0.237 e. The number of hydrogen-bond donors (Lipinski definition) is 0. The average molecular weight is 405 g/mol. The number of aryl methyl sites for hydroxylation is 1. The van der Waals surface area contributed by atoms with Crippen LogP contribution >= 0.6 is 0 Å². The van der Waals surface area contributed by atoms with Crippen LogP contribution in [0.3, 0.4) is 0 Å². The minimum atomic E-state index is -0.286. The summed E-state index contributed by atoms with van der Waals surface area (Å²) in [6.45, 7) is 8.75. The Bertz CT molecular complexity index is 1020. The molecule has 1 unspecified atom stereocenters. The number of benzene rings is 2. The molecule has 1 aromatic heterocycles. The second kappa shape index (κ2) is 8.76. The molecule has 3 aromatic rings. The Balaban J connectivity index is 1.67. The molecule has 1 aliphatic rings. The molecule has 0 bridgehead atoms. The normalized spacial score (nSPS) is 15.8. The zero-order valence-corrected chi connectivity index (χ0v) is 18.0. The Kier molecular flexibility index (Phi) is 5.91. The van der Waals surface area contributed by atoms with Crippen molar-refractivity contribution in [1.29, 1.82) is 0 Å². The Labute approximate surface area is 177 Å². The van der Waals surface area contributed by atoms with Crippen LogP contribution in [0.1, 0.15) is 42.5 Å². The second-order valence-electron chi connectivity index (χ2n) is 7.83. The van der Waals surface area contributed by atoms with Gasteiger partial charge in [-0.15, -0.1) is 0 Å². The Morgan fingerprint density at radius 3 is 2.60 bits per heavy atom. The fourth-order valence-corrected chi connectivity index (χ4v) is 3.65. The highest BCUT2D eigenvalue weighted by molar-refractivity contribution is 5.68. The number of ether oxygens (including phenoxy) is 2. The summed E-state index contributed by atoms with van der Waals surface area (Å²) in [7, 11) is 0. The molecule has 0 spiro atoms. The van der Waals surface area contributed by atoms with E-state index in [9.17, 15) is 0 Å². The lowest BCUT2D eigenvalue weighted by molar-refractivity contribution is 0.0813. The van der Waals surface area contributed by atoms with E-state index < -0.39 is 0 Å². The molecule has 1 atom stereocenters. The zero-order chi connectivity index (χ0) is 21.1. The first-order valence-electron chi connectivity index (χ1n) is 10.4. The van der Waals surface area contributed by atoms with Crippen molar-refractivity contribution in [1.82, 2.24) is 5.16 Å². The Hall–Kier alpha value is -3.05. The van der Waals surface area contributed by atoms with E-state index in [2.05, 4.69) is 61.5 Å². The molecule has 0 amide bonds. The standard InChI is InChI=1S/C25H28N2O3/c1-17(2)28-14-12-21-16-22(10-11-23(21)20-8-6-5-7-9-20)25-27(13-15-29-25)24-18(3)19(4)26-30-24/h5-11,13,15-17,25H,12,14H2,1-4H3. The molecule has 0 fully saturated rings. The summed E-state index contributed by atoms with van der Waals surface area (Å²) in [4.78, 5) is 1.99. The Morgan fingerprint density at radius 1 is 1.10 bits per heavy atom. The van der Waals surface area contributed by atoms with Crippen molar-refractivity contribution in [2.24, 2.45) is 0 Å². The molecule has 0 aliphatic carbocycles. The zero-order valence-electron chi connectivity index (χ0n) is 18.0. The van der Waals surface area contributed by atoms with Crippen LogP contribution in [-0.4, -0.2) is 17.9 Å². The van der Waals surface area contributed by atoms with Gasteiger partial charge in [0.2, 0.25) is 12.1 Å². The highest BCUT2D eigenvalue weighted by Crippen LogP contribution is 2.37. The van der Waals surface area contributed by atoms with Gasteiger partial charge in [0, 0.05) is 17.3 Å². The second-order valence-corrected chi connectivity index (χ2v) is 7.83. The summed E-state index contributed by atoms with van der Waals surface area (Å²) in [6.07, 6.45) is 4.35. The summed E-state index contributed by atoms with van der Waals surface area (Å²) in [6, 6.07) is 17.0. The predicted octanol–water partition coefficient (Wildman–Crippen LogP) is 5.93. The van der Waals surface area contributed by atoms with Crippen LogP contribution in [0, 0.1) is 13.8 Å². The van der Waals surface area contributed by atoms with E-state index in [-0.39, 0.29) is 12.3 Å². The third-order valence-corrected chi connectivity index (χ3v) is 5.37. The predicted molar refractivity (Wildman–Crippen MR) is 118 cm³/mol. The number of aromatic nitrogens is 1. The summed E-state index contributed by atoms with van der Waals surface area (Å²) < 4.78 is 17.3. The number of hydrogen-bond acceptors (Lipinski definition) is 5. The molecule has 0 saturated heterocycles. The van der Waals surface area contributed by atoms with Crippen molar-refractivity contribution in [3.05, 3.63) is 83.4 Å². The first-order chi connectivity index (χ1) is 14.5. The van der Waals surface area contributed by atoms with Gasteiger partial charge in [0.1, 0.15) is 6.26 Å². The van der Waals surface area contributed by atoms with Crippen LogP contribution in [0.25, 0.3) is 11.1 Å². The topological polar surface area (TPSA) is 47.7 Å². The van der Waals surface area contributed by atoms with Crippen LogP contribution < -0.4 is 4.90 Å². The third kappa shape index (κ3) is 4.12. The van der Waals surface area contributed by atoms with Gasteiger partial charge in [-0.25, -0.2) is 0 Å². The quantitative estimate of drug-likeness (QED) is 0.488. The summed E-state index contributed by atoms with van der Waals surface area (Å²) >= 11 is 0. The SMILES string of the molecule is Cc1noc(N2C=COC2c2ccc(-c3ccccc3)c(CCOC(C)C)c2)c1C. The van der Waals surface area contributed by atoms with Crippen LogP contribution in [0.5, 0.6) is 0 Å². The van der Waals surface area contributed by atoms with Gasteiger partial charge in [0.15, 0.2) is 0 Å². The fourth-order valence-electron chi connectivity index (χ4n) is 3.65. The van der Waals surface area contributed by atoms with Crippen LogP contribution in [0.15, 0.2) is 65.5 Å². The van der Waals surface area contributed by atoms with E-state index in [1.54, 1.807) is 6.26 Å². The molecule has 0 radical (unpaired) electrons. The van der Waals surface area contributed by atoms with Crippen molar-refractivity contribution in [3.63, 3.8) is 0 Å². The third-order valence-electron chi connectivity index (χ3n) is 5.37. The monoisotopic (exact) mass is 404 g/mol. The van der Waals surface area contributed by atoms with Gasteiger partial charge in [-0.05, 0) is 56.9 Å². The smallest absolute Gasteiger partial charge is 0.237 e. The number of rotatable bonds is 7. The molecule has 156 valence electrons. The number of nitrogens with zero attached hydrogens (tertiary/aromatic N) is 2. The lowest BCUT2D eigenvalue weighted by atomic mass is 9.95. The lowest BCUT2D eigenvalue weighted by Crippen LogP contribution is -2.20. The molecule has 30 heavy (non-hydrogen) atoms. The van der Waals surface area contributed by atoms with Gasteiger partial charge in [0.25, 0.3) is 0 Å². The molecule has 0 N–H and O–H groups in total. The van der Waals surface area contributed by atoms with Crippen molar-refractivity contribution in [2.75, 3.05) is 11.5 Å². The van der Waals surface area contributed by atoms with Gasteiger partial charge in [0.05, 0.1) is 18.4 Å². The van der Waals surface area contributed by atoms with Crippen LogP contribution in [0.2, 0.25) is 0 Å². The van der Waals surface area contributed by atoms with Gasteiger partial charge in [-0.2, -0.15) is 0 Å². The minimum Gasteiger partial charge on any atom is -0.472 e. The molecule has 1 aliphatic heterocycles. The van der Waals surface area contributed by atoms with Gasteiger partial charge in [-0.1, -0.05) is 47.6 Å². The molecule has 2 heterocycles. The van der Waals surface area contributed by atoms with Crippen LogP contribution in [-0.2, 0) is 15.9 Å². The summed E-state index contributed by atoms with van der Waals surface area (Å²) in [5.74, 6) is 0.711. The molecule has 2 aromatic carbocycles. The molecule has 5 nitrogen and oxygen atoms in total. The minimum absolute atomic E-state index is 0.212. The highest BCUT2D eigenvalue weighted by Gasteiger charge is 2.29. The summed E-state index contributed by atoms with van der Waals surface area (Å²) in [5, 5.41) is 4.09.